The van der Waals surface area contributed by atoms with Gasteiger partial charge in [-0.05, 0) is 31.2 Å². The highest BCUT2D eigenvalue weighted by Gasteiger charge is 2.21. The molecule has 0 atom stereocenters. The second-order valence-corrected chi connectivity index (χ2v) is 5.42. The number of anilines is 1. The van der Waals surface area contributed by atoms with E-state index in [0.29, 0.717) is 6.54 Å². The molecule has 5 heteroatoms. The second-order valence-electron chi connectivity index (χ2n) is 5.42. The van der Waals surface area contributed by atoms with E-state index in [4.69, 9.17) is 5.11 Å². The van der Waals surface area contributed by atoms with Crippen molar-refractivity contribution in [3.8, 4) is 0 Å². The molecular formula is C16H25N3O2. The van der Waals surface area contributed by atoms with E-state index in [1.165, 1.54) is 0 Å². The van der Waals surface area contributed by atoms with Crippen LogP contribution >= 0.6 is 0 Å². The molecule has 1 aliphatic heterocycles. The number of hydrogen-bond acceptors (Lipinski definition) is 4. The fourth-order valence-electron chi connectivity index (χ4n) is 2.54. The van der Waals surface area contributed by atoms with Gasteiger partial charge in [0.15, 0.2) is 0 Å². The number of aliphatic hydroxyl groups excluding tert-OH is 1. The Kier molecular flexibility index (Phi) is 5.59. The first kappa shape index (κ1) is 15.8. The van der Waals surface area contributed by atoms with Crippen LogP contribution in [0.25, 0.3) is 0 Å². The molecule has 21 heavy (non-hydrogen) atoms. The first-order valence-corrected chi connectivity index (χ1v) is 7.59. The molecule has 2 rings (SSSR count). The zero-order valence-electron chi connectivity index (χ0n) is 13.0. The van der Waals surface area contributed by atoms with E-state index in [1.54, 1.807) is 0 Å². The summed E-state index contributed by atoms with van der Waals surface area (Å²) >= 11 is 0. The SMILES string of the molecule is CCN(C)c1ccc(C(=O)N2CCN(CCO)CC2)cc1. The highest BCUT2D eigenvalue weighted by atomic mass is 16.3. The normalized spacial score (nSPS) is 16.0. The van der Waals surface area contributed by atoms with Gasteiger partial charge in [-0.3, -0.25) is 9.69 Å². The molecule has 1 fully saturated rings. The maximum Gasteiger partial charge on any atom is 0.253 e. The molecule has 1 saturated heterocycles. The molecule has 1 aromatic rings. The summed E-state index contributed by atoms with van der Waals surface area (Å²) in [6.07, 6.45) is 0. The Balaban J connectivity index is 1.94. The van der Waals surface area contributed by atoms with Crippen molar-refractivity contribution in [2.45, 2.75) is 6.92 Å². The number of hydrogen-bond donors (Lipinski definition) is 1. The van der Waals surface area contributed by atoms with E-state index in [0.717, 1.165) is 44.0 Å². The van der Waals surface area contributed by atoms with Crippen LogP contribution < -0.4 is 4.90 Å². The Morgan fingerprint density at radius 3 is 2.33 bits per heavy atom. The minimum atomic E-state index is 0.101. The number of amides is 1. The minimum absolute atomic E-state index is 0.101. The van der Waals surface area contributed by atoms with E-state index in [9.17, 15) is 4.79 Å². The van der Waals surface area contributed by atoms with Crippen LogP contribution in [0.2, 0.25) is 0 Å². The summed E-state index contributed by atoms with van der Waals surface area (Å²) in [5.74, 6) is 0.101. The molecule has 0 bridgehead atoms. The number of rotatable bonds is 5. The van der Waals surface area contributed by atoms with E-state index in [2.05, 4.69) is 16.7 Å². The molecule has 5 nitrogen and oxygen atoms in total. The fraction of sp³-hybridized carbons (Fsp3) is 0.562. The number of β-amino-alcohol motifs (C(OH)–C–C–N with tert-alkyl or cyclic N) is 1. The van der Waals surface area contributed by atoms with Gasteiger partial charge in [0.25, 0.3) is 5.91 Å². The highest BCUT2D eigenvalue weighted by molar-refractivity contribution is 5.94. The third kappa shape index (κ3) is 3.95. The lowest BCUT2D eigenvalue weighted by Crippen LogP contribution is -2.49. The summed E-state index contributed by atoms with van der Waals surface area (Å²) in [5, 5.41) is 8.94. The van der Waals surface area contributed by atoms with Crippen molar-refractivity contribution in [3.05, 3.63) is 29.8 Å². The first-order chi connectivity index (χ1) is 10.2. The largest absolute Gasteiger partial charge is 0.395 e. The van der Waals surface area contributed by atoms with Gasteiger partial charge in [0.05, 0.1) is 6.61 Å². The average Bonchev–Trinajstić information content (AvgIpc) is 2.54. The van der Waals surface area contributed by atoms with Crippen LogP contribution in [0.1, 0.15) is 17.3 Å². The third-order valence-electron chi connectivity index (χ3n) is 4.11. The van der Waals surface area contributed by atoms with Crippen LogP contribution in [-0.2, 0) is 0 Å². The molecule has 0 aromatic heterocycles. The number of carbonyl (C=O) groups excluding carboxylic acids is 1. The van der Waals surface area contributed by atoms with Crippen molar-refractivity contribution in [1.82, 2.24) is 9.80 Å². The first-order valence-electron chi connectivity index (χ1n) is 7.59. The van der Waals surface area contributed by atoms with Crippen molar-refractivity contribution in [2.24, 2.45) is 0 Å². The predicted molar refractivity (Wildman–Crippen MR) is 84.8 cm³/mol. The van der Waals surface area contributed by atoms with Gasteiger partial charge in [0.2, 0.25) is 0 Å². The Morgan fingerprint density at radius 2 is 1.81 bits per heavy atom. The van der Waals surface area contributed by atoms with Crippen LogP contribution in [0, 0.1) is 0 Å². The number of piperazine rings is 1. The fourth-order valence-corrected chi connectivity index (χ4v) is 2.54. The Labute approximate surface area is 126 Å². The summed E-state index contributed by atoms with van der Waals surface area (Å²) in [5.41, 5.74) is 1.88. The molecule has 1 N–H and O–H groups in total. The molecular weight excluding hydrogens is 266 g/mol. The lowest BCUT2D eigenvalue weighted by Gasteiger charge is -2.34. The highest BCUT2D eigenvalue weighted by Crippen LogP contribution is 2.15. The van der Waals surface area contributed by atoms with Gasteiger partial charge in [-0.25, -0.2) is 0 Å². The van der Waals surface area contributed by atoms with Crippen LogP contribution in [0.15, 0.2) is 24.3 Å². The molecule has 1 heterocycles. The third-order valence-corrected chi connectivity index (χ3v) is 4.11. The average molecular weight is 291 g/mol. The maximum atomic E-state index is 12.5. The summed E-state index contributed by atoms with van der Waals surface area (Å²) in [6, 6.07) is 7.81. The van der Waals surface area contributed by atoms with E-state index in [-0.39, 0.29) is 12.5 Å². The number of benzene rings is 1. The lowest BCUT2D eigenvalue weighted by molar-refractivity contribution is 0.0615. The zero-order valence-corrected chi connectivity index (χ0v) is 13.0. The van der Waals surface area contributed by atoms with Gasteiger partial charge in [-0.1, -0.05) is 0 Å². The second kappa shape index (κ2) is 7.43. The molecule has 0 radical (unpaired) electrons. The minimum Gasteiger partial charge on any atom is -0.395 e. The Bertz CT molecular complexity index is 453. The summed E-state index contributed by atoms with van der Waals surface area (Å²) in [6.45, 7) is 7.06. The van der Waals surface area contributed by atoms with Gasteiger partial charge in [0, 0.05) is 57.6 Å². The van der Waals surface area contributed by atoms with Crippen LogP contribution in [-0.4, -0.2) is 73.7 Å². The molecule has 1 aliphatic rings. The van der Waals surface area contributed by atoms with Gasteiger partial charge in [-0.2, -0.15) is 0 Å². The standard InChI is InChI=1S/C16H25N3O2/c1-3-17(2)15-6-4-14(5-7-15)16(21)19-10-8-18(9-11-19)12-13-20/h4-7,20H,3,8-13H2,1-2H3. The summed E-state index contributed by atoms with van der Waals surface area (Å²) in [4.78, 5) is 18.7. The molecule has 0 aliphatic carbocycles. The summed E-state index contributed by atoms with van der Waals surface area (Å²) in [7, 11) is 2.04. The van der Waals surface area contributed by atoms with Crippen molar-refractivity contribution in [2.75, 3.05) is 57.8 Å². The molecule has 1 aromatic carbocycles. The quantitative estimate of drug-likeness (QED) is 0.875. The summed E-state index contributed by atoms with van der Waals surface area (Å²) < 4.78 is 0. The smallest absolute Gasteiger partial charge is 0.253 e. The van der Waals surface area contributed by atoms with Crippen molar-refractivity contribution >= 4 is 11.6 Å². The predicted octanol–water partition coefficient (Wildman–Crippen LogP) is 0.893. The topological polar surface area (TPSA) is 47.0 Å². The van der Waals surface area contributed by atoms with Gasteiger partial charge in [-0.15, -0.1) is 0 Å². The van der Waals surface area contributed by atoms with E-state index in [1.807, 2.05) is 36.2 Å². The van der Waals surface area contributed by atoms with Gasteiger partial charge >= 0.3 is 0 Å². The monoisotopic (exact) mass is 291 g/mol. The maximum absolute atomic E-state index is 12.5. The van der Waals surface area contributed by atoms with E-state index < -0.39 is 0 Å². The van der Waals surface area contributed by atoms with Crippen LogP contribution in [0.4, 0.5) is 5.69 Å². The molecule has 0 unspecified atom stereocenters. The Hall–Kier alpha value is -1.59. The Morgan fingerprint density at radius 1 is 1.19 bits per heavy atom. The van der Waals surface area contributed by atoms with Crippen LogP contribution in [0.5, 0.6) is 0 Å². The molecule has 0 spiro atoms. The number of nitrogens with zero attached hydrogens (tertiary/aromatic N) is 3. The van der Waals surface area contributed by atoms with Crippen molar-refractivity contribution < 1.29 is 9.90 Å². The molecule has 0 saturated carbocycles. The van der Waals surface area contributed by atoms with Crippen molar-refractivity contribution in [3.63, 3.8) is 0 Å². The van der Waals surface area contributed by atoms with Gasteiger partial charge in [0.1, 0.15) is 0 Å². The van der Waals surface area contributed by atoms with E-state index >= 15 is 0 Å². The lowest BCUT2D eigenvalue weighted by atomic mass is 10.1. The van der Waals surface area contributed by atoms with Crippen molar-refractivity contribution in [1.29, 1.82) is 0 Å². The number of carbonyl (C=O) groups is 1. The molecule has 116 valence electrons. The zero-order chi connectivity index (χ0) is 15.2. The number of aliphatic hydroxyl groups is 1. The molecule has 1 amide bonds. The van der Waals surface area contributed by atoms with Gasteiger partial charge < -0.3 is 14.9 Å². The van der Waals surface area contributed by atoms with Crippen LogP contribution in [0.3, 0.4) is 0 Å².